The van der Waals surface area contributed by atoms with Gasteiger partial charge in [-0.15, -0.1) is 0 Å². The Labute approximate surface area is 192 Å². The first-order valence-electron chi connectivity index (χ1n) is 10.3. The van der Waals surface area contributed by atoms with Crippen molar-refractivity contribution in [2.45, 2.75) is 12.5 Å². The molecule has 0 aliphatic carbocycles. The smallest absolute Gasteiger partial charge is 0.323 e. The number of fused-ring (bicyclic) bond motifs is 1. The number of aromatic nitrogens is 2. The summed E-state index contributed by atoms with van der Waals surface area (Å²) < 4.78 is 10.5. The van der Waals surface area contributed by atoms with Crippen LogP contribution in [0.5, 0.6) is 5.75 Å². The quantitative estimate of drug-likeness (QED) is 0.332. The van der Waals surface area contributed by atoms with Crippen molar-refractivity contribution in [3.05, 3.63) is 48.5 Å². The Kier molecular flexibility index (Phi) is 8.52. The number of hydrogen-bond donors (Lipinski definition) is 2. The number of thioether (sulfide) groups is 1. The molecule has 0 aliphatic rings. The van der Waals surface area contributed by atoms with Crippen LogP contribution in [0.1, 0.15) is 6.42 Å². The number of rotatable bonds is 11. The zero-order valence-corrected chi connectivity index (χ0v) is 19.4. The van der Waals surface area contributed by atoms with Crippen molar-refractivity contribution < 1.29 is 14.3 Å². The van der Waals surface area contributed by atoms with E-state index in [9.17, 15) is 4.79 Å². The van der Waals surface area contributed by atoms with Crippen LogP contribution in [0.15, 0.2) is 48.5 Å². The maximum absolute atomic E-state index is 11.9. The minimum atomic E-state index is -0.593. The number of benzene rings is 2. The van der Waals surface area contributed by atoms with Crippen LogP contribution in [0.2, 0.25) is 0 Å². The third-order valence-corrected chi connectivity index (χ3v) is 5.57. The van der Waals surface area contributed by atoms with Crippen molar-refractivity contribution in [1.82, 2.24) is 9.97 Å². The summed E-state index contributed by atoms with van der Waals surface area (Å²) >= 11 is 1.65. The molecule has 8 nitrogen and oxygen atoms in total. The van der Waals surface area contributed by atoms with Crippen molar-refractivity contribution in [3.63, 3.8) is 0 Å². The maximum Gasteiger partial charge on any atom is 0.323 e. The number of hydrogen-bond acceptors (Lipinski definition) is 9. The number of carbonyl (C=O) groups is 1. The Morgan fingerprint density at radius 3 is 2.66 bits per heavy atom. The van der Waals surface area contributed by atoms with Gasteiger partial charge in [-0.1, -0.05) is 12.1 Å². The highest BCUT2D eigenvalue weighted by Gasteiger charge is 2.15. The minimum Gasteiger partial charge on any atom is -0.497 e. The first kappa shape index (κ1) is 23.6. The molecule has 2 aromatic carbocycles. The van der Waals surface area contributed by atoms with Crippen molar-refractivity contribution in [2.24, 2.45) is 5.73 Å². The van der Waals surface area contributed by atoms with Crippen LogP contribution in [0.3, 0.4) is 0 Å². The molecule has 170 valence electrons. The molecule has 0 amide bonds. The molecular formula is C23H29N5O3S. The van der Waals surface area contributed by atoms with E-state index in [4.69, 9.17) is 20.2 Å². The van der Waals surface area contributed by atoms with Gasteiger partial charge in [-0.3, -0.25) is 4.79 Å². The maximum atomic E-state index is 11.9. The fourth-order valence-corrected chi connectivity index (χ4v) is 3.60. The number of nitrogens with zero attached hydrogens (tertiary/aromatic N) is 3. The Morgan fingerprint density at radius 2 is 1.94 bits per heavy atom. The molecule has 0 saturated carbocycles. The molecule has 0 unspecified atom stereocenters. The number of para-hydroxylation sites is 1. The molecule has 0 radical (unpaired) electrons. The van der Waals surface area contributed by atoms with Crippen LogP contribution >= 0.6 is 11.8 Å². The van der Waals surface area contributed by atoms with E-state index in [1.807, 2.05) is 66.7 Å². The van der Waals surface area contributed by atoms with Crippen LogP contribution in [0.4, 0.5) is 17.5 Å². The van der Waals surface area contributed by atoms with Gasteiger partial charge in [0, 0.05) is 18.1 Å². The van der Waals surface area contributed by atoms with Gasteiger partial charge in [0.15, 0.2) is 0 Å². The summed E-state index contributed by atoms with van der Waals surface area (Å²) in [5.41, 5.74) is 7.62. The molecule has 3 N–H and O–H groups in total. The highest BCUT2D eigenvalue weighted by Crippen LogP contribution is 2.30. The van der Waals surface area contributed by atoms with Gasteiger partial charge < -0.3 is 25.4 Å². The van der Waals surface area contributed by atoms with Crippen LogP contribution in [-0.4, -0.2) is 61.3 Å². The number of carbonyl (C=O) groups excluding carboxylic acids is 1. The average Bonchev–Trinajstić information content (AvgIpc) is 2.84. The highest BCUT2D eigenvalue weighted by molar-refractivity contribution is 7.98. The Bertz CT molecular complexity index is 1030. The number of methoxy groups -OCH3 is 1. The van der Waals surface area contributed by atoms with Crippen molar-refractivity contribution >= 4 is 46.1 Å². The summed E-state index contributed by atoms with van der Waals surface area (Å²) in [7, 11) is 3.60. The minimum absolute atomic E-state index is 0.186. The Balaban J connectivity index is 1.71. The van der Waals surface area contributed by atoms with Gasteiger partial charge in [-0.05, 0) is 54.8 Å². The SMILES string of the molecule is COc1ccc(N(C)c2nc(NCCOC(=O)[C@@H](N)CCSC)nc3ccccc23)cc1. The Hall–Kier alpha value is -3.04. The van der Waals surface area contributed by atoms with E-state index in [1.54, 1.807) is 18.9 Å². The molecule has 9 heteroatoms. The van der Waals surface area contributed by atoms with E-state index in [0.29, 0.717) is 18.9 Å². The highest BCUT2D eigenvalue weighted by atomic mass is 32.2. The van der Waals surface area contributed by atoms with Gasteiger partial charge in [0.1, 0.15) is 24.2 Å². The van der Waals surface area contributed by atoms with Crippen molar-refractivity contribution in [3.8, 4) is 5.75 Å². The molecule has 0 fully saturated rings. The van der Waals surface area contributed by atoms with Gasteiger partial charge >= 0.3 is 5.97 Å². The summed E-state index contributed by atoms with van der Waals surface area (Å²) in [6.45, 7) is 0.566. The molecule has 3 aromatic rings. The molecule has 0 bridgehead atoms. The third-order valence-electron chi connectivity index (χ3n) is 4.93. The lowest BCUT2D eigenvalue weighted by Gasteiger charge is -2.21. The molecule has 0 aliphatic heterocycles. The predicted octanol–water partition coefficient (Wildman–Crippen LogP) is 3.44. The molecule has 1 heterocycles. The molecule has 0 saturated heterocycles. The van der Waals surface area contributed by atoms with Gasteiger partial charge in [-0.25, -0.2) is 4.98 Å². The summed E-state index contributed by atoms with van der Waals surface area (Å²) in [6.07, 6.45) is 2.58. The first-order chi connectivity index (χ1) is 15.5. The molecule has 1 atom stereocenters. The van der Waals surface area contributed by atoms with Crippen molar-refractivity contribution in [1.29, 1.82) is 0 Å². The van der Waals surface area contributed by atoms with E-state index >= 15 is 0 Å². The van der Waals surface area contributed by atoms with Crippen LogP contribution in [0, 0.1) is 0 Å². The summed E-state index contributed by atoms with van der Waals surface area (Å²) in [4.78, 5) is 23.3. The predicted molar refractivity (Wildman–Crippen MR) is 131 cm³/mol. The lowest BCUT2D eigenvalue weighted by molar-refractivity contribution is -0.144. The van der Waals surface area contributed by atoms with Gasteiger partial charge in [-0.2, -0.15) is 16.7 Å². The molecule has 32 heavy (non-hydrogen) atoms. The summed E-state index contributed by atoms with van der Waals surface area (Å²) in [6, 6.07) is 15.0. The van der Waals surface area contributed by atoms with Gasteiger partial charge in [0.2, 0.25) is 5.95 Å². The van der Waals surface area contributed by atoms with E-state index in [0.717, 1.165) is 33.9 Å². The second-order valence-electron chi connectivity index (χ2n) is 7.13. The van der Waals surface area contributed by atoms with E-state index < -0.39 is 6.04 Å². The van der Waals surface area contributed by atoms with Crippen LogP contribution < -0.4 is 20.7 Å². The summed E-state index contributed by atoms with van der Waals surface area (Å²) in [5.74, 6) is 2.45. The van der Waals surface area contributed by atoms with Crippen molar-refractivity contribution in [2.75, 3.05) is 49.5 Å². The van der Waals surface area contributed by atoms with E-state index in [-0.39, 0.29) is 12.6 Å². The Morgan fingerprint density at radius 1 is 1.19 bits per heavy atom. The number of ether oxygens (including phenoxy) is 2. The lowest BCUT2D eigenvalue weighted by atomic mass is 10.2. The molecule has 0 spiro atoms. The number of nitrogens with two attached hydrogens (primary N) is 1. The van der Waals surface area contributed by atoms with Crippen LogP contribution in [0.25, 0.3) is 10.9 Å². The fraction of sp³-hybridized carbons (Fsp3) is 0.348. The number of esters is 1. The standard InChI is InChI=1S/C23H29N5O3S/c1-28(16-8-10-17(30-2)11-9-16)21-18-6-4-5-7-20(18)26-23(27-21)25-13-14-31-22(29)19(24)12-15-32-3/h4-11,19H,12-15,24H2,1-3H3,(H,25,26,27)/t19-/m0/s1. The van der Waals surface area contributed by atoms with Gasteiger partial charge in [0.25, 0.3) is 0 Å². The second-order valence-corrected chi connectivity index (χ2v) is 8.11. The first-order valence-corrected chi connectivity index (χ1v) is 11.7. The van der Waals surface area contributed by atoms with E-state index in [1.165, 1.54) is 0 Å². The zero-order chi connectivity index (χ0) is 22.9. The van der Waals surface area contributed by atoms with Gasteiger partial charge in [0.05, 0.1) is 19.2 Å². The number of anilines is 3. The fourth-order valence-electron chi connectivity index (χ4n) is 3.11. The topological polar surface area (TPSA) is 103 Å². The normalized spacial score (nSPS) is 11.8. The lowest BCUT2D eigenvalue weighted by Crippen LogP contribution is -2.33. The van der Waals surface area contributed by atoms with E-state index in [2.05, 4.69) is 10.3 Å². The number of nitrogens with one attached hydrogen (secondary N) is 1. The average molecular weight is 456 g/mol. The monoisotopic (exact) mass is 455 g/mol. The zero-order valence-electron chi connectivity index (χ0n) is 18.6. The molecular weight excluding hydrogens is 426 g/mol. The second kappa shape index (κ2) is 11.5. The molecule has 3 rings (SSSR count). The third kappa shape index (κ3) is 6.02. The largest absolute Gasteiger partial charge is 0.497 e. The molecule has 1 aromatic heterocycles. The van der Waals surface area contributed by atoms with Crippen LogP contribution in [-0.2, 0) is 9.53 Å². The summed E-state index contributed by atoms with van der Waals surface area (Å²) in [5, 5.41) is 4.08.